The zero-order chi connectivity index (χ0) is 24.5. The van der Waals surface area contributed by atoms with Crippen LogP contribution in [0.15, 0.2) is 76.4 Å². The second-order valence-electron chi connectivity index (χ2n) is 8.27. The van der Waals surface area contributed by atoms with Crippen LogP contribution in [0.5, 0.6) is 5.75 Å². The van der Waals surface area contributed by atoms with Crippen LogP contribution in [0.3, 0.4) is 0 Å². The number of hydrogen-bond acceptors (Lipinski definition) is 5. The van der Waals surface area contributed by atoms with Gasteiger partial charge in [0.1, 0.15) is 16.5 Å². The molecule has 4 rings (SSSR count). The lowest BCUT2D eigenvalue weighted by molar-refractivity contribution is 0.331. The summed E-state index contributed by atoms with van der Waals surface area (Å²) in [7, 11) is -3.95. The molecule has 176 valence electrons. The highest BCUT2D eigenvalue weighted by atomic mass is 32.2. The maximum atomic E-state index is 13.4. The normalized spacial score (nSPS) is 11.7. The number of anilines is 1. The molecular weight excluding hydrogens is 450 g/mol. The SMILES string of the molecule is CCOc1ccc(C(C)C)cc1S(=O)(=O)Nc1cccc(-n2c(C)nc3ccccc3c2=O)c1. The fraction of sp³-hybridized carbons (Fsp3) is 0.231. The molecule has 1 N–H and O–H groups in total. The predicted molar refractivity (Wildman–Crippen MR) is 135 cm³/mol. The van der Waals surface area contributed by atoms with Crippen LogP contribution < -0.4 is 15.0 Å². The van der Waals surface area contributed by atoms with Crippen molar-refractivity contribution < 1.29 is 13.2 Å². The van der Waals surface area contributed by atoms with Gasteiger partial charge in [0, 0.05) is 0 Å². The first kappa shape index (κ1) is 23.5. The minimum atomic E-state index is -3.95. The number of hydrogen-bond donors (Lipinski definition) is 1. The number of aryl methyl sites for hydroxylation is 1. The Morgan fingerprint density at radius 1 is 1.03 bits per heavy atom. The van der Waals surface area contributed by atoms with Crippen molar-refractivity contribution in [3.8, 4) is 11.4 Å². The van der Waals surface area contributed by atoms with Gasteiger partial charge in [0.15, 0.2) is 0 Å². The number of rotatable bonds is 7. The molecule has 3 aromatic carbocycles. The number of para-hydroxylation sites is 1. The number of nitrogens with one attached hydrogen (secondary N) is 1. The molecule has 0 amide bonds. The van der Waals surface area contributed by atoms with Crippen molar-refractivity contribution in [3.63, 3.8) is 0 Å². The molecule has 0 spiro atoms. The molecule has 4 aromatic rings. The van der Waals surface area contributed by atoms with Gasteiger partial charge in [-0.3, -0.25) is 14.1 Å². The summed E-state index contributed by atoms with van der Waals surface area (Å²) in [5, 5.41) is 0.492. The molecule has 0 bridgehead atoms. The van der Waals surface area contributed by atoms with Crippen molar-refractivity contribution in [2.24, 2.45) is 0 Å². The minimum absolute atomic E-state index is 0.0756. The fourth-order valence-corrected chi connectivity index (χ4v) is 5.07. The molecule has 8 heteroatoms. The molecule has 0 radical (unpaired) electrons. The van der Waals surface area contributed by atoms with E-state index in [0.717, 1.165) is 5.56 Å². The van der Waals surface area contributed by atoms with Crippen LogP contribution in [0.2, 0.25) is 0 Å². The van der Waals surface area contributed by atoms with Crippen LogP contribution >= 0.6 is 0 Å². The van der Waals surface area contributed by atoms with Crippen molar-refractivity contribution in [1.29, 1.82) is 0 Å². The van der Waals surface area contributed by atoms with Gasteiger partial charge < -0.3 is 4.74 Å². The van der Waals surface area contributed by atoms with E-state index in [4.69, 9.17) is 4.74 Å². The summed E-state index contributed by atoms with van der Waals surface area (Å²) in [4.78, 5) is 17.8. The van der Waals surface area contributed by atoms with E-state index in [-0.39, 0.29) is 16.4 Å². The summed E-state index contributed by atoms with van der Waals surface area (Å²) >= 11 is 0. The molecule has 34 heavy (non-hydrogen) atoms. The standard InChI is InChI=1S/C26H27N3O4S/c1-5-33-24-14-13-19(17(2)3)15-25(24)34(31,32)28-20-9-8-10-21(16-20)29-18(4)27-23-12-7-6-11-22(23)26(29)30/h6-17,28H,5H2,1-4H3. The molecule has 0 atom stereocenters. The Kier molecular flexibility index (Phi) is 6.43. The number of ether oxygens (including phenoxy) is 1. The van der Waals surface area contributed by atoms with Gasteiger partial charge in [0.2, 0.25) is 0 Å². The van der Waals surface area contributed by atoms with E-state index in [1.807, 2.05) is 26.0 Å². The molecule has 0 saturated heterocycles. The van der Waals surface area contributed by atoms with Crippen LogP contribution in [0.4, 0.5) is 5.69 Å². The lowest BCUT2D eigenvalue weighted by atomic mass is 10.0. The van der Waals surface area contributed by atoms with Crippen LogP contribution in [-0.4, -0.2) is 24.6 Å². The second-order valence-corrected chi connectivity index (χ2v) is 9.92. The van der Waals surface area contributed by atoms with E-state index >= 15 is 0 Å². The van der Waals surface area contributed by atoms with Gasteiger partial charge in [-0.15, -0.1) is 0 Å². The van der Waals surface area contributed by atoms with Crippen molar-refractivity contribution in [3.05, 3.63) is 88.5 Å². The van der Waals surface area contributed by atoms with E-state index in [1.54, 1.807) is 68.4 Å². The van der Waals surface area contributed by atoms with Crippen LogP contribution in [0.1, 0.15) is 38.1 Å². The summed E-state index contributed by atoms with van der Waals surface area (Å²) in [6.07, 6.45) is 0. The molecule has 7 nitrogen and oxygen atoms in total. The third-order valence-electron chi connectivity index (χ3n) is 5.52. The largest absolute Gasteiger partial charge is 0.492 e. The molecule has 0 saturated carbocycles. The average Bonchev–Trinajstić information content (AvgIpc) is 2.79. The molecule has 0 aliphatic carbocycles. The Bertz CT molecular complexity index is 1530. The number of aromatic nitrogens is 2. The Labute approximate surface area is 199 Å². The average molecular weight is 478 g/mol. The molecular formula is C26H27N3O4S. The zero-order valence-electron chi connectivity index (χ0n) is 19.6. The quantitative estimate of drug-likeness (QED) is 0.404. The Morgan fingerprint density at radius 2 is 1.79 bits per heavy atom. The molecule has 0 fully saturated rings. The smallest absolute Gasteiger partial charge is 0.265 e. The van der Waals surface area contributed by atoms with Crippen LogP contribution in [0, 0.1) is 6.92 Å². The number of fused-ring (bicyclic) bond motifs is 1. The van der Waals surface area contributed by atoms with Crippen LogP contribution in [0.25, 0.3) is 16.6 Å². The highest BCUT2D eigenvalue weighted by molar-refractivity contribution is 7.92. The first-order valence-electron chi connectivity index (χ1n) is 11.1. The maximum Gasteiger partial charge on any atom is 0.265 e. The van der Waals surface area contributed by atoms with Gasteiger partial charge in [-0.1, -0.05) is 38.1 Å². The Hall–Kier alpha value is -3.65. The van der Waals surface area contributed by atoms with Gasteiger partial charge in [0.05, 0.1) is 28.9 Å². The first-order valence-corrected chi connectivity index (χ1v) is 12.6. The molecule has 0 unspecified atom stereocenters. The monoisotopic (exact) mass is 477 g/mol. The van der Waals surface area contributed by atoms with Gasteiger partial charge in [-0.05, 0) is 67.8 Å². The van der Waals surface area contributed by atoms with Crippen molar-refractivity contribution in [2.75, 3.05) is 11.3 Å². The third-order valence-corrected chi connectivity index (χ3v) is 6.93. The number of nitrogens with zero attached hydrogens (tertiary/aromatic N) is 2. The van der Waals surface area contributed by atoms with E-state index < -0.39 is 10.0 Å². The fourth-order valence-electron chi connectivity index (χ4n) is 3.83. The summed E-state index contributed by atoms with van der Waals surface area (Å²) in [6, 6.07) is 19.0. The minimum Gasteiger partial charge on any atom is -0.492 e. The Morgan fingerprint density at radius 3 is 2.53 bits per heavy atom. The van der Waals surface area contributed by atoms with Crippen molar-refractivity contribution >= 4 is 26.6 Å². The molecule has 0 aliphatic rings. The predicted octanol–water partition coefficient (Wildman–Crippen LogP) is 5.02. The highest BCUT2D eigenvalue weighted by Crippen LogP contribution is 2.30. The third kappa shape index (κ3) is 4.54. The summed E-state index contributed by atoms with van der Waals surface area (Å²) in [6.45, 7) is 7.90. The Balaban J connectivity index is 1.76. The van der Waals surface area contributed by atoms with Gasteiger partial charge in [0.25, 0.3) is 15.6 Å². The van der Waals surface area contributed by atoms with Crippen LogP contribution in [-0.2, 0) is 10.0 Å². The topological polar surface area (TPSA) is 90.3 Å². The van der Waals surface area contributed by atoms with E-state index in [9.17, 15) is 13.2 Å². The lowest BCUT2D eigenvalue weighted by Crippen LogP contribution is -2.22. The number of sulfonamides is 1. The summed E-state index contributed by atoms with van der Waals surface area (Å²) in [5.74, 6) is 0.955. The van der Waals surface area contributed by atoms with Crippen molar-refractivity contribution in [2.45, 2.75) is 38.5 Å². The molecule has 1 heterocycles. The second kappa shape index (κ2) is 9.30. The zero-order valence-corrected chi connectivity index (χ0v) is 20.4. The number of benzene rings is 3. The molecule has 1 aromatic heterocycles. The van der Waals surface area contributed by atoms with Gasteiger partial charge >= 0.3 is 0 Å². The van der Waals surface area contributed by atoms with E-state index in [0.29, 0.717) is 40.5 Å². The van der Waals surface area contributed by atoms with E-state index in [2.05, 4.69) is 9.71 Å². The maximum absolute atomic E-state index is 13.4. The lowest BCUT2D eigenvalue weighted by Gasteiger charge is -2.16. The van der Waals surface area contributed by atoms with Gasteiger partial charge in [-0.2, -0.15) is 0 Å². The summed E-state index contributed by atoms with van der Waals surface area (Å²) < 4.78 is 36.4. The highest BCUT2D eigenvalue weighted by Gasteiger charge is 2.22. The van der Waals surface area contributed by atoms with E-state index in [1.165, 1.54) is 4.57 Å². The van der Waals surface area contributed by atoms with Crippen molar-refractivity contribution in [1.82, 2.24) is 9.55 Å². The molecule has 0 aliphatic heterocycles. The first-order chi connectivity index (χ1) is 16.2. The summed E-state index contributed by atoms with van der Waals surface area (Å²) in [5.41, 5.74) is 2.14. The van der Waals surface area contributed by atoms with Gasteiger partial charge in [-0.25, -0.2) is 13.4 Å².